The number of rotatable bonds is 3. The van der Waals surface area contributed by atoms with Crippen LogP contribution in [0.5, 0.6) is 0 Å². The molecule has 0 aliphatic heterocycles. The molecule has 1 fully saturated rings. The van der Waals surface area contributed by atoms with E-state index >= 15 is 0 Å². The van der Waals surface area contributed by atoms with E-state index in [-0.39, 0.29) is 12.2 Å². The van der Waals surface area contributed by atoms with E-state index in [2.05, 4.69) is 5.32 Å². The number of nitrogens with two attached hydrogens (primary N) is 1. The Morgan fingerprint density at radius 2 is 2.06 bits per heavy atom. The summed E-state index contributed by atoms with van der Waals surface area (Å²) < 4.78 is 5.22. The molecule has 4 heteroatoms. The van der Waals surface area contributed by atoms with E-state index in [1.54, 1.807) is 0 Å². The quantitative estimate of drug-likeness (QED) is 0.818. The highest BCUT2D eigenvalue weighted by Crippen LogP contribution is 2.29. The van der Waals surface area contributed by atoms with Gasteiger partial charge >= 0.3 is 6.09 Å². The summed E-state index contributed by atoms with van der Waals surface area (Å²) in [5.41, 5.74) is 6.25. The number of anilines is 1. The lowest BCUT2D eigenvalue weighted by Gasteiger charge is -2.33. The molecule has 2 rings (SSSR count). The number of ether oxygens (including phenoxy) is 1. The predicted octanol–water partition coefficient (Wildman–Crippen LogP) is 1.97. The Kier molecular flexibility index (Phi) is 3.41. The van der Waals surface area contributed by atoms with E-state index in [1.165, 1.54) is 0 Å². The third-order valence-corrected chi connectivity index (χ3v) is 2.82. The van der Waals surface area contributed by atoms with Crippen molar-refractivity contribution < 1.29 is 9.53 Å². The van der Waals surface area contributed by atoms with Crippen LogP contribution in [0.15, 0.2) is 30.3 Å². The molecule has 0 unspecified atom stereocenters. The van der Waals surface area contributed by atoms with Crippen LogP contribution >= 0.6 is 0 Å². The third-order valence-electron chi connectivity index (χ3n) is 2.82. The Morgan fingerprint density at radius 3 is 2.69 bits per heavy atom. The van der Waals surface area contributed by atoms with Crippen LogP contribution in [0, 0.1) is 5.92 Å². The maximum atomic E-state index is 11.4. The Morgan fingerprint density at radius 1 is 1.38 bits per heavy atom. The monoisotopic (exact) mass is 220 g/mol. The van der Waals surface area contributed by atoms with Crippen molar-refractivity contribution in [1.82, 2.24) is 0 Å². The molecule has 0 saturated heterocycles. The van der Waals surface area contributed by atoms with Gasteiger partial charge in [0.25, 0.3) is 0 Å². The number of hydrogen-bond acceptors (Lipinski definition) is 3. The molecular formula is C12H16N2O2. The summed E-state index contributed by atoms with van der Waals surface area (Å²) in [6.45, 7) is 0.681. The zero-order chi connectivity index (χ0) is 11.4. The summed E-state index contributed by atoms with van der Waals surface area (Å²) in [5, 5.41) is 2.68. The second-order valence-electron chi connectivity index (χ2n) is 4.09. The Balaban J connectivity index is 1.74. The van der Waals surface area contributed by atoms with E-state index in [0.717, 1.165) is 18.5 Å². The normalized spacial score (nSPS) is 23.3. The van der Waals surface area contributed by atoms with Gasteiger partial charge < -0.3 is 10.5 Å². The first-order valence-corrected chi connectivity index (χ1v) is 5.50. The third kappa shape index (κ3) is 2.73. The van der Waals surface area contributed by atoms with Crippen LogP contribution in [-0.2, 0) is 4.74 Å². The molecular weight excluding hydrogens is 204 g/mol. The van der Waals surface area contributed by atoms with E-state index in [4.69, 9.17) is 10.5 Å². The SMILES string of the molecule is NCC1CC(OC(=O)Nc2ccccc2)C1. The summed E-state index contributed by atoms with van der Waals surface area (Å²) in [5.74, 6) is 0.523. The van der Waals surface area contributed by atoms with Gasteiger partial charge in [0.15, 0.2) is 0 Å². The Hall–Kier alpha value is -1.55. The number of carbonyl (C=O) groups excluding carboxylic acids is 1. The van der Waals surface area contributed by atoms with Crippen LogP contribution in [0.2, 0.25) is 0 Å². The average molecular weight is 220 g/mol. The van der Waals surface area contributed by atoms with E-state index in [0.29, 0.717) is 12.5 Å². The molecule has 4 nitrogen and oxygen atoms in total. The minimum atomic E-state index is -0.383. The van der Waals surface area contributed by atoms with Crippen molar-refractivity contribution in [1.29, 1.82) is 0 Å². The first-order valence-electron chi connectivity index (χ1n) is 5.50. The van der Waals surface area contributed by atoms with Crippen molar-refractivity contribution in [2.45, 2.75) is 18.9 Å². The first-order chi connectivity index (χ1) is 7.78. The molecule has 0 heterocycles. The summed E-state index contributed by atoms with van der Waals surface area (Å²) in [6.07, 6.45) is 1.43. The van der Waals surface area contributed by atoms with Crippen molar-refractivity contribution in [3.05, 3.63) is 30.3 Å². The number of nitrogens with one attached hydrogen (secondary N) is 1. The van der Waals surface area contributed by atoms with Gasteiger partial charge in [-0.1, -0.05) is 18.2 Å². The van der Waals surface area contributed by atoms with Crippen LogP contribution in [0.1, 0.15) is 12.8 Å². The topological polar surface area (TPSA) is 64.3 Å². The standard InChI is InChI=1S/C12H16N2O2/c13-8-9-6-11(7-9)16-12(15)14-10-4-2-1-3-5-10/h1-5,9,11H,6-8,13H2,(H,14,15). The summed E-state index contributed by atoms with van der Waals surface area (Å²) in [7, 11) is 0. The van der Waals surface area contributed by atoms with Gasteiger partial charge in [0.1, 0.15) is 6.10 Å². The fraction of sp³-hybridized carbons (Fsp3) is 0.417. The molecule has 0 aromatic heterocycles. The molecule has 86 valence electrons. The summed E-state index contributed by atoms with van der Waals surface area (Å²) in [4.78, 5) is 11.4. The lowest BCUT2D eigenvalue weighted by atomic mass is 9.82. The van der Waals surface area contributed by atoms with Gasteiger partial charge in [-0.15, -0.1) is 0 Å². The van der Waals surface area contributed by atoms with Crippen LogP contribution in [0.4, 0.5) is 10.5 Å². The number of para-hydroxylation sites is 1. The second-order valence-corrected chi connectivity index (χ2v) is 4.09. The molecule has 0 radical (unpaired) electrons. The Bertz CT molecular complexity index is 347. The molecule has 16 heavy (non-hydrogen) atoms. The van der Waals surface area contributed by atoms with Crippen molar-refractivity contribution in [3.8, 4) is 0 Å². The van der Waals surface area contributed by atoms with Gasteiger partial charge in [0.2, 0.25) is 0 Å². The fourth-order valence-corrected chi connectivity index (χ4v) is 1.78. The minimum absolute atomic E-state index is 0.0391. The lowest BCUT2D eigenvalue weighted by molar-refractivity contribution is 0.0278. The number of amides is 1. The van der Waals surface area contributed by atoms with Gasteiger partial charge in [-0.05, 0) is 37.4 Å². The van der Waals surface area contributed by atoms with Gasteiger partial charge in [-0.2, -0.15) is 0 Å². The molecule has 0 bridgehead atoms. The molecule has 0 atom stereocenters. The average Bonchev–Trinajstić information content (AvgIpc) is 2.24. The zero-order valence-electron chi connectivity index (χ0n) is 9.06. The van der Waals surface area contributed by atoms with Crippen LogP contribution in [-0.4, -0.2) is 18.7 Å². The molecule has 1 aromatic rings. The van der Waals surface area contributed by atoms with E-state index in [9.17, 15) is 4.79 Å². The maximum Gasteiger partial charge on any atom is 0.411 e. The summed E-state index contributed by atoms with van der Waals surface area (Å²) in [6, 6.07) is 9.27. The van der Waals surface area contributed by atoms with Crippen molar-refractivity contribution in [2.75, 3.05) is 11.9 Å². The van der Waals surface area contributed by atoms with Crippen molar-refractivity contribution in [3.63, 3.8) is 0 Å². The number of hydrogen-bond donors (Lipinski definition) is 2. The fourth-order valence-electron chi connectivity index (χ4n) is 1.78. The smallest absolute Gasteiger partial charge is 0.411 e. The predicted molar refractivity (Wildman–Crippen MR) is 62.1 cm³/mol. The first kappa shape index (κ1) is 11.0. The van der Waals surface area contributed by atoms with Crippen molar-refractivity contribution >= 4 is 11.8 Å². The molecule has 1 aliphatic rings. The van der Waals surface area contributed by atoms with Crippen LogP contribution in [0.3, 0.4) is 0 Å². The Labute approximate surface area is 94.8 Å². The van der Waals surface area contributed by atoms with Gasteiger partial charge in [0, 0.05) is 5.69 Å². The number of benzene rings is 1. The molecule has 1 amide bonds. The lowest BCUT2D eigenvalue weighted by Crippen LogP contribution is -2.38. The molecule has 0 spiro atoms. The van der Waals surface area contributed by atoms with Gasteiger partial charge in [-0.3, -0.25) is 5.32 Å². The molecule has 3 N–H and O–H groups in total. The van der Waals surface area contributed by atoms with E-state index < -0.39 is 0 Å². The molecule has 1 aromatic carbocycles. The largest absolute Gasteiger partial charge is 0.446 e. The highest BCUT2D eigenvalue weighted by Gasteiger charge is 2.30. The highest BCUT2D eigenvalue weighted by atomic mass is 16.6. The van der Waals surface area contributed by atoms with E-state index in [1.807, 2.05) is 30.3 Å². The molecule has 1 saturated carbocycles. The zero-order valence-corrected chi connectivity index (χ0v) is 9.06. The second kappa shape index (κ2) is 4.99. The van der Waals surface area contributed by atoms with Gasteiger partial charge in [0.05, 0.1) is 0 Å². The minimum Gasteiger partial charge on any atom is -0.446 e. The van der Waals surface area contributed by atoms with Crippen LogP contribution in [0.25, 0.3) is 0 Å². The highest BCUT2D eigenvalue weighted by molar-refractivity contribution is 5.84. The summed E-state index contributed by atoms with van der Waals surface area (Å²) >= 11 is 0. The van der Waals surface area contributed by atoms with Crippen LogP contribution < -0.4 is 11.1 Å². The molecule has 1 aliphatic carbocycles. The number of carbonyl (C=O) groups is 1. The van der Waals surface area contributed by atoms with Gasteiger partial charge in [-0.25, -0.2) is 4.79 Å². The van der Waals surface area contributed by atoms with Crippen molar-refractivity contribution in [2.24, 2.45) is 11.7 Å². The maximum absolute atomic E-state index is 11.4.